The number of halogens is 3. The lowest BCUT2D eigenvalue weighted by atomic mass is 9.78. The summed E-state index contributed by atoms with van der Waals surface area (Å²) in [5, 5.41) is 4.13. The number of amides is 1. The number of anilines is 1. The normalized spacial score (nSPS) is 17.2. The van der Waals surface area contributed by atoms with E-state index in [1.807, 2.05) is 52.0 Å². The SMILES string of the molecule is CC1(C)OB(c2ccc3c(C(=O)Nc4cccc(OC(F)(F)F)c4)cccc3c2)OC1(C)C. The van der Waals surface area contributed by atoms with Crippen LogP contribution in [-0.4, -0.2) is 30.6 Å². The van der Waals surface area contributed by atoms with Gasteiger partial charge in [-0.15, -0.1) is 13.2 Å². The van der Waals surface area contributed by atoms with Crippen molar-refractivity contribution < 1.29 is 32.0 Å². The number of hydrogen-bond donors (Lipinski definition) is 1. The van der Waals surface area contributed by atoms with Crippen molar-refractivity contribution >= 4 is 34.9 Å². The van der Waals surface area contributed by atoms with E-state index in [-0.39, 0.29) is 5.69 Å². The minimum atomic E-state index is -4.81. The summed E-state index contributed by atoms with van der Waals surface area (Å²) in [5.41, 5.74) is 0.454. The number of nitrogens with one attached hydrogen (secondary N) is 1. The summed E-state index contributed by atoms with van der Waals surface area (Å²) in [7, 11) is -0.534. The van der Waals surface area contributed by atoms with Crippen LogP contribution < -0.4 is 15.5 Å². The van der Waals surface area contributed by atoms with Crippen LogP contribution in [0.2, 0.25) is 0 Å². The predicted octanol–water partition coefficient (Wildman–Crippen LogP) is 5.29. The Balaban J connectivity index is 1.58. The minimum Gasteiger partial charge on any atom is -0.406 e. The Hall–Kier alpha value is -3.04. The van der Waals surface area contributed by atoms with E-state index in [0.717, 1.165) is 16.9 Å². The van der Waals surface area contributed by atoms with Crippen molar-refractivity contribution in [1.29, 1.82) is 0 Å². The lowest BCUT2D eigenvalue weighted by molar-refractivity contribution is -0.274. The van der Waals surface area contributed by atoms with Crippen LogP contribution in [0, 0.1) is 0 Å². The number of fused-ring (bicyclic) bond motifs is 1. The van der Waals surface area contributed by atoms with E-state index >= 15 is 0 Å². The molecule has 0 atom stereocenters. The van der Waals surface area contributed by atoms with Gasteiger partial charge in [-0.3, -0.25) is 4.79 Å². The third-order valence-corrected chi connectivity index (χ3v) is 6.00. The number of ether oxygens (including phenoxy) is 1. The van der Waals surface area contributed by atoms with Gasteiger partial charge in [-0.25, -0.2) is 0 Å². The molecule has 9 heteroatoms. The molecule has 5 nitrogen and oxygen atoms in total. The first kappa shape index (κ1) is 23.1. The molecule has 4 rings (SSSR count). The predicted molar refractivity (Wildman–Crippen MR) is 121 cm³/mol. The molecule has 172 valence electrons. The minimum absolute atomic E-state index is 0.188. The summed E-state index contributed by atoms with van der Waals surface area (Å²) < 4.78 is 53.6. The number of carbonyl (C=O) groups excluding carboxylic acids is 1. The Labute approximate surface area is 190 Å². The summed E-state index contributed by atoms with van der Waals surface area (Å²) >= 11 is 0. The maximum Gasteiger partial charge on any atom is 0.573 e. The molecule has 1 fully saturated rings. The molecule has 1 saturated heterocycles. The van der Waals surface area contributed by atoms with Crippen LogP contribution in [0.1, 0.15) is 38.1 Å². The summed E-state index contributed by atoms with van der Waals surface area (Å²) in [4.78, 5) is 12.9. The van der Waals surface area contributed by atoms with Crippen molar-refractivity contribution in [3.63, 3.8) is 0 Å². The molecule has 0 aliphatic carbocycles. The molecule has 0 radical (unpaired) electrons. The van der Waals surface area contributed by atoms with E-state index in [0.29, 0.717) is 10.9 Å². The summed E-state index contributed by atoms with van der Waals surface area (Å²) in [6.07, 6.45) is -4.81. The highest BCUT2D eigenvalue weighted by molar-refractivity contribution is 6.62. The Bertz CT molecular complexity index is 1190. The third kappa shape index (κ3) is 4.84. The van der Waals surface area contributed by atoms with Crippen LogP contribution in [-0.2, 0) is 9.31 Å². The smallest absolute Gasteiger partial charge is 0.406 e. The van der Waals surface area contributed by atoms with Gasteiger partial charge in [-0.2, -0.15) is 0 Å². The first-order chi connectivity index (χ1) is 15.3. The van der Waals surface area contributed by atoms with E-state index in [2.05, 4.69) is 10.1 Å². The molecule has 0 spiro atoms. The monoisotopic (exact) mass is 457 g/mol. The molecule has 1 amide bonds. The highest BCUT2D eigenvalue weighted by atomic mass is 19.4. The molecule has 0 saturated carbocycles. The standard InChI is InChI=1S/C24H23BF3NO4/c1-22(2)23(3,4)33-25(32-22)16-11-12-19-15(13-16)7-5-10-20(19)21(30)29-17-8-6-9-18(14-17)31-24(26,27)28/h5-14H,1-4H3,(H,29,30). The van der Waals surface area contributed by atoms with Gasteiger partial charge in [0.2, 0.25) is 0 Å². The molecule has 0 unspecified atom stereocenters. The van der Waals surface area contributed by atoms with Gasteiger partial charge in [0, 0.05) is 17.3 Å². The second kappa shape index (κ2) is 8.07. The summed E-state index contributed by atoms with van der Waals surface area (Å²) in [5.74, 6) is -0.863. The number of rotatable bonds is 4. The van der Waals surface area contributed by atoms with Gasteiger partial charge in [-0.05, 0) is 62.1 Å². The summed E-state index contributed by atoms with van der Waals surface area (Å²) in [6, 6.07) is 16.0. The van der Waals surface area contributed by atoms with Gasteiger partial charge in [0.25, 0.3) is 5.91 Å². The van der Waals surface area contributed by atoms with Crippen molar-refractivity contribution in [2.24, 2.45) is 0 Å². The van der Waals surface area contributed by atoms with Crippen molar-refractivity contribution in [1.82, 2.24) is 0 Å². The van der Waals surface area contributed by atoms with E-state index < -0.39 is 36.3 Å². The molecule has 33 heavy (non-hydrogen) atoms. The highest BCUT2D eigenvalue weighted by Gasteiger charge is 2.51. The fraction of sp³-hybridized carbons (Fsp3) is 0.292. The van der Waals surface area contributed by atoms with Crippen molar-refractivity contribution in [2.75, 3.05) is 5.32 Å². The molecular weight excluding hydrogens is 434 g/mol. The number of alkyl halides is 3. The average molecular weight is 457 g/mol. The third-order valence-electron chi connectivity index (χ3n) is 6.00. The van der Waals surface area contributed by atoms with Crippen molar-refractivity contribution in [3.05, 3.63) is 66.2 Å². The molecule has 0 aromatic heterocycles. The first-order valence-electron chi connectivity index (χ1n) is 10.4. The van der Waals surface area contributed by atoms with Crippen molar-refractivity contribution in [2.45, 2.75) is 45.3 Å². The largest absolute Gasteiger partial charge is 0.573 e. The number of hydrogen-bond acceptors (Lipinski definition) is 4. The molecule has 3 aromatic carbocycles. The van der Waals surface area contributed by atoms with E-state index in [4.69, 9.17) is 9.31 Å². The second-order valence-corrected chi connectivity index (χ2v) is 8.90. The molecule has 1 aliphatic rings. The lowest BCUT2D eigenvalue weighted by Crippen LogP contribution is -2.41. The zero-order valence-corrected chi connectivity index (χ0v) is 18.6. The van der Waals surface area contributed by atoms with Crippen molar-refractivity contribution in [3.8, 4) is 5.75 Å². The Morgan fingerprint density at radius 1 is 0.939 bits per heavy atom. The Morgan fingerprint density at radius 3 is 2.27 bits per heavy atom. The fourth-order valence-electron chi connectivity index (χ4n) is 3.60. The average Bonchev–Trinajstić information content (AvgIpc) is 2.93. The van der Waals surface area contributed by atoms with E-state index in [9.17, 15) is 18.0 Å². The lowest BCUT2D eigenvalue weighted by Gasteiger charge is -2.32. The van der Waals surface area contributed by atoms with Gasteiger partial charge in [0.1, 0.15) is 5.75 Å². The molecule has 1 N–H and O–H groups in total. The summed E-state index contributed by atoms with van der Waals surface area (Å²) in [6.45, 7) is 7.91. The number of benzene rings is 3. The second-order valence-electron chi connectivity index (χ2n) is 8.90. The van der Waals surface area contributed by atoms with Gasteiger partial charge < -0.3 is 19.4 Å². The topological polar surface area (TPSA) is 56.8 Å². The van der Waals surface area contributed by atoms with Crippen LogP contribution in [0.4, 0.5) is 18.9 Å². The van der Waals surface area contributed by atoms with Crippen LogP contribution in [0.15, 0.2) is 60.7 Å². The van der Waals surface area contributed by atoms with Gasteiger partial charge >= 0.3 is 13.5 Å². The van der Waals surface area contributed by atoms with Gasteiger partial charge in [0.15, 0.2) is 0 Å². The molecular formula is C24H23BF3NO4. The van der Waals surface area contributed by atoms with Crippen LogP contribution in [0.3, 0.4) is 0 Å². The molecule has 1 heterocycles. The molecule has 0 bridgehead atoms. The van der Waals surface area contributed by atoms with Gasteiger partial charge in [-0.1, -0.05) is 36.4 Å². The Kier molecular flexibility index (Phi) is 5.66. The zero-order chi connectivity index (χ0) is 24.0. The van der Waals surface area contributed by atoms with E-state index in [1.54, 1.807) is 12.1 Å². The number of carbonyl (C=O) groups is 1. The van der Waals surface area contributed by atoms with Crippen LogP contribution in [0.25, 0.3) is 10.8 Å². The first-order valence-corrected chi connectivity index (χ1v) is 10.4. The molecule has 3 aromatic rings. The van der Waals surface area contributed by atoms with Gasteiger partial charge in [0.05, 0.1) is 11.2 Å². The highest BCUT2D eigenvalue weighted by Crippen LogP contribution is 2.36. The fourth-order valence-corrected chi connectivity index (χ4v) is 3.60. The van der Waals surface area contributed by atoms with Crippen LogP contribution >= 0.6 is 0 Å². The Morgan fingerprint density at radius 2 is 1.61 bits per heavy atom. The van der Waals surface area contributed by atoms with Crippen LogP contribution in [0.5, 0.6) is 5.75 Å². The quantitative estimate of drug-likeness (QED) is 0.541. The zero-order valence-electron chi connectivity index (χ0n) is 18.6. The van der Waals surface area contributed by atoms with E-state index in [1.165, 1.54) is 18.2 Å². The molecule has 1 aliphatic heterocycles. The maximum atomic E-state index is 12.9. The maximum absolute atomic E-state index is 12.9.